The summed E-state index contributed by atoms with van der Waals surface area (Å²) in [7, 11) is 0. The maximum Gasteiger partial charge on any atom is 0.393 e. The van der Waals surface area contributed by atoms with Crippen molar-refractivity contribution in [1.82, 2.24) is 4.90 Å². The van der Waals surface area contributed by atoms with Crippen LogP contribution in [0.15, 0.2) is 18.2 Å². The number of amides is 1. The predicted octanol–water partition coefficient (Wildman–Crippen LogP) is 2.10. The molecule has 10 heteroatoms. The molecule has 0 radical (unpaired) electrons. The summed E-state index contributed by atoms with van der Waals surface area (Å²) >= 11 is 0. The third-order valence-electron chi connectivity index (χ3n) is 3.71. The lowest BCUT2D eigenvalue weighted by molar-refractivity contribution is -0.188. The Bertz CT molecular complexity index is 650. The van der Waals surface area contributed by atoms with Gasteiger partial charge in [0.1, 0.15) is 11.6 Å². The van der Waals surface area contributed by atoms with Crippen LogP contribution in [0.5, 0.6) is 0 Å². The molecule has 1 saturated heterocycles. The average molecular weight is 352 g/mol. The van der Waals surface area contributed by atoms with E-state index in [2.05, 4.69) is 5.32 Å². The number of anilines is 1. The van der Waals surface area contributed by atoms with E-state index in [4.69, 9.17) is 5.11 Å². The summed E-state index contributed by atoms with van der Waals surface area (Å²) in [5, 5.41) is 11.0. The summed E-state index contributed by atoms with van der Waals surface area (Å²) in [4.78, 5) is 23.8. The van der Waals surface area contributed by atoms with Gasteiger partial charge >= 0.3 is 12.1 Å². The number of carbonyl (C=O) groups excluding carboxylic acids is 1. The second kappa shape index (κ2) is 6.71. The van der Waals surface area contributed by atoms with Gasteiger partial charge in [0.2, 0.25) is 5.91 Å². The molecule has 0 bridgehead atoms. The molecule has 2 atom stereocenters. The van der Waals surface area contributed by atoms with E-state index in [1.165, 1.54) is 0 Å². The third-order valence-corrected chi connectivity index (χ3v) is 3.71. The lowest BCUT2D eigenvalue weighted by Crippen LogP contribution is -2.34. The zero-order chi connectivity index (χ0) is 18.1. The van der Waals surface area contributed by atoms with Crippen molar-refractivity contribution in [1.29, 1.82) is 0 Å². The van der Waals surface area contributed by atoms with Gasteiger partial charge < -0.3 is 10.4 Å². The standard InChI is InChI=1S/C14H13F5N2O3/c15-7-1-2-11(10(16)3-7)20-12(22)6-21-4-8(13(23)24)9(5-21)14(17,18)19/h1-3,8-9H,4-6H2,(H,20,22)(H,23,24)/t8-,9-/m1/s1. The number of rotatable bonds is 4. The molecule has 0 spiro atoms. The lowest BCUT2D eigenvalue weighted by atomic mass is 9.96. The minimum Gasteiger partial charge on any atom is -0.481 e. The zero-order valence-electron chi connectivity index (χ0n) is 12.1. The van der Waals surface area contributed by atoms with Crippen LogP contribution in [-0.2, 0) is 9.59 Å². The van der Waals surface area contributed by atoms with E-state index in [0.717, 1.165) is 17.0 Å². The Morgan fingerprint density at radius 2 is 1.92 bits per heavy atom. The van der Waals surface area contributed by atoms with Gasteiger partial charge in [0, 0.05) is 19.2 Å². The number of hydrogen-bond acceptors (Lipinski definition) is 3. The second-order valence-electron chi connectivity index (χ2n) is 5.46. The van der Waals surface area contributed by atoms with Crippen LogP contribution in [0.3, 0.4) is 0 Å². The van der Waals surface area contributed by atoms with E-state index in [-0.39, 0.29) is 5.69 Å². The molecule has 1 aromatic rings. The Hall–Kier alpha value is -2.23. The van der Waals surface area contributed by atoms with Crippen molar-refractivity contribution in [3.05, 3.63) is 29.8 Å². The van der Waals surface area contributed by atoms with Gasteiger partial charge in [-0.05, 0) is 12.1 Å². The SMILES string of the molecule is O=C(CN1C[C@@H](C(F)(F)F)[C@H](C(=O)O)C1)Nc1ccc(F)cc1F. The Morgan fingerprint density at radius 3 is 2.42 bits per heavy atom. The molecule has 0 saturated carbocycles. The van der Waals surface area contributed by atoms with Crippen LogP contribution >= 0.6 is 0 Å². The highest BCUT2D eigenvalue weighted by atomic mass is 19.4. The molecule has 24 heavy (non-hydrogen) atoms. The molecule has 1 aromatic carbocycles. The maximum atomic E-state index is 13.4. The largest absolute Gasteiger partial charge is 0.481 e. The number of nitrogens with one attached hydrogen (secondary N) is 1. The molecule has 5 nitrogen and oxygen atoms in total. The van der Waals surface area contributed by atoms with Crippen molar-refractivity contribution in [2.75, 3.05) is 25.0 Å². The number of nitrogens with zero attached hydrogens (tertiary/aromatic N) is 1. The van der Waals surface area contributed by atoms with E-state index < -0.39 is 61.2 Å². The number of hydrogen-bond donors (Lipinski definition) is 2. The predicted molar refractivity (Wildman–Crippen MR) is 72.1 cm³/mol. The molecular formula is C14H13F5N2O3. The third kappa shape index (κ3) is 4.19. The van der Waals surface area contributed by atoms with Crippen molar-refractivity contribution in [3.8, 4) is 0 Å². The molecule has 2 N–H and O–H groups in total. The Labute approximate surface area is 133 Å². The smallest absolute Gasteiger partial charge is 0.393 e. The fourth-order valence-corrected chi connectivity index (χ4v) is 2.58. The number of carboxylic acid groups (broad SMARTS) is 1. The summed E-state index contributed by atoms with van der Waals surface area (Å²) in [5.41, 5.74) is -0.317. The van der Waals surface area contributed by atoms with Gasteiger partial charge in [-0.2, -0.15) is 13.2 Å². The van der Waals surface area contributed by atoms with E-state index in [9.17, 15) is 31.5 Å². The van der Waals surface area contributed by atoms with E-state index in [1.54, 1.807) is 0 Å². The monoisotopic (exact) mass is 352 g/mol. The number of aliphatic carboxylic acids is 1. The number of halogens is 5. The fourth-order valence-electron chi connectivity index (χ4n) is 2.58. The number of alkyl halides is 3. The van der Waals surface area contributed by atoms with Crippen LogP contribution in [-0.4, -0.2) is 47.7 Å². The average Bonchev–Trinajstić information content (AvgIpc) is 2.86. The molecule has 132 valence electrons. The van der Waals surface area contributed by atoms with Crippen LogP contribution in [0.4, 0.5) is 27.6 Å². The van der Waals surface area contributed by atoms with Gasteiger partial charge in [0.05, 0.1) is 24.1 Å². The minimum absolute atomic E-state index is 0.317. The normalized spacial score (nSPS) is 21.7. The number of benzene rings is 1. The first-order valence-electron chi connectivity index (χ1n) is 6.84. The van der Waals surface area contributed by atoms with Gasteiger partial charge in [0.25, 0.3) is 0 Å². The highest BCUT2D eigenvalue weighted by Gasteiger charge is 2.52. The highest BCUT2D eigenvalue weighted by Crippen LogP contribution is 2.37. The van der Waals surface area contributed by atoms with E-state index in [0.29, 0.717) is 6.07 Å². The summed E-state index contributed by atoms with van der Waals surface area (Å²) < 4.78 is 64.7. The summed E-state index contributed by atoms with van der Waals surface area (Å²) in [5.74, 6) is -8.04. The topological polar surface area (TPSA) is 69.6 Å². The van der Waals surface area contributed by atoms with Crippen LogP contribution in [0.25, 0.3) is 0 Å². The molecule has 1 heterocycles. The molecular weight excluding hydrogens is 339 g/mol. The van der Waals surface area contributed by atoms with Crippen molar-refractivity contribution < 1.29 is 36.6 Å². The van der Waals surface area contributed by atoms with Crippen molar-refractivity contribution in [2.45, 2.75) is 6.18 Å². The van der Waals surface area contributed by atoms with Crippen LogP contribution in [0.2, 0.25) is 0 Å². The van der Waals surface area contributed by atoms with Gasteiger partial charge in [-0.25, -0.2) is 8.78 Å². The second-order valence-corrected chi connectivity index (χ2v) is 5.46. The quantitative estimate of drug-likeness (QED) is 0.815. The zero-order valence-corrected chi connectivity index (χ0v) is 12.1. The van der Waals surface area contributed by atoms with Gasteiger partial charge in [-0.3, -0.25) is 14.5 Å². The molecule has 0 unspecified atom stereocenters. The summed E-state index contributed by atoms with van der Waals surface area (Å²) in [6, 6.07) is 2.44. The van der Waals surface area contributed by atoms with Gasteiger partial charge in [-0.1, -0.05) is 0 Å². The van der Waals surface area contributed by atoms with Crippen LogP contribution < -0.4 is 5.32 Å². The number of likely N-dealkylation sites (tertiary alicyclic amines) is 1. The Morgan fingerprint density at radius 1 is 1.25 bits per heavy atom. The maximum absolute atomic E-state index is 13.4. The van der Waals surface area contributed by atoms with E-state index in [1.807, 2.05) is 0 Å². The molecule has 0 aliphatic carbocycles. The molecule has 1 fully saturated rings. The van der Waals surface area contributed by atoms with Crippen LogP contribution in [0.1, 0.15) is 0 Å². The summed E-state index contributed by atoms with van der Waals surface area (Å²) in [6.45, 7) is -1.62. The molecule has 0 aromatic heterocycles. The Kier molecular flexibility index (Phi) is 5.07. The molecule has 1 aliphatic rings. The van der Waals surface area contributed by atoms with Crippen LogP contribution in [0, 0.1) is 23.5 Å². The van der Waals surface area contributed by atoms with Crippen molar-refractivity contribution in [2.24, 2.45) is 11.8 Å². The highest BCUT2D eigenvalue weighted by molar-refractivity contribution is 5.92. The fraction of sp³-hybridized carbons (Fsp3) is 0.429. The summed E-state index contributed by atoms with van der Waals surface area (Å²) in [6.07, 6.45) is -4.70. The van der Waals surface area contributed by atoms with Crippen molar-refractivity contribution in [3.63, 3.8) is 0 Å². The Balaban J connectivity index is 2.00. The first-order valence-corrected chi connectivity index (χ1v) is 6.84. The molecule has 1 amide bonds. The van der Waals surface area contributed by atoms with Gasteiger partial charge in [0.15, 0.2) is 0 Å². The minimum atomic E-state index is -4.70. The number of carboxylic acids is 1. The first-order chi connectivity index (χ1) is 11.1. The lowest BCUT2D eigenvalue weighted by Gasteiger charge is -2.18. The first kappa shape index (κ1) is 18.1. The van der Waals surface area contributed by atoms with E-state index >= 15 is 0 Å². The van der Waals surface area contributed by atoms with Gasteiger partial charge in [-0.15, -0.1) is 0 Å². The number of carbonyl (C=O) groups is 2. The molecule has 1 aliphatic heterocycles. The van der Waals surface area contributed by atoms with Crippen molar-refractivity contribution >= 4 is 17.6 Å². The molecule has 2 rings (SSSR count).